The summed E-state index contributed by atoms with van der Waals surface area (Å²) in [6.45, 7) is 6.65. The van der Waals surface area contributed by atoms with Gasteiger partial charge in [0.15, 0.2) is 0 Å². The highest BCUT2D eigenvalue weighted by molar-refractivity contribution is 4.87. The zero-order valence-corrected chi connectivity index (χ0v) is 12.2. The van der Waals surface area contributed by atoms with E-state index in [9.17, 15) is 0 Å². The summed E-state index contributed by atoms with van der Waals surface area (Å²) < 4.78 is 5.15. The maximum absolute atomic E-state index is 5.15. The SMILES string of the molecule is COCC(C)NCCN1CCCC1C1CCCC1. The Morgan fingerprint density at radius 3 is 2.72 bits per heavy atom. The normalized spacial score (nSPS) is 28.0. The van der Waals surface area contributed by atoms with E-state index in [0.29, 0.717) is 6.04 Å². The fourth-order valence-corrected chi connectivity index (χ4v) is 3.77. The zero-order chi connectivity index (χ0) is 12.8. The van der Waals surface area contributed by atoms with Gasteiger partial charge in [0, 0.05) is 32.3 Å². The highest BCUT2D eigenvalue weighted by Crippen LogP contribution is 2.35. The molecule has 0 aromatic carbocycles. The molecule has 1 saturated carbocycles. The van der Waals surface area contributed by atoms with E-state index in [0.717, 1.165) is 25.1 Å². The van der Waals surface area contributed by atoms with Gasteiger partial charge in [0.25, 0.3) is 0 Å². The summed E-state index contributed by atoms with van der Waals surface area (Å²) in [5, 5.41) is 3.55. The Morgan fingerprint density at radius 2 is 2.00 bits per heavy atom. The molecule has 0 amide bonds. The van der Waals surface area contributed by atoms with Crippen molar-refractivity contribution < 1.29 is 4.74 Å². The van der Waals surface area contributed by atoms with Crippen LogP contribution in [0.15, 0.2) is 0 Å². The number of rotatable bonds is 7. The summed E-state index contributed by atoms with van der Waals surface area (Å²) >= 11 is 0. The number of likely N-dealkylation sites (tertiary alicyclic amines) is 1. The van der Waals surface area contributed by atoms with Crippen LogP contribution in [-0.4, -0.2) is 50.3 Å². The Morgan fingerprint density at radius 1 is 1.22 bits per heavy atom. The average Bonchev–Trinajstić information content (AvgIpc) is 2.98. The first kappa shape index (κ1) is 14.3. The van der Waals surface area contributed by atoms with Crippen LogP contribution in [0.1, 0.15) is 45.4 Å². The maximum Gasteiger partial charge on any atom is 0.0613 e. The first-order chi connectivity index (χ1) is 8.81. The fraction of sp³-hybridized carbons (Fsp3) is 1.00. The first-order valence-corrected chi connectivity index (χ1v) is 7.77. The summed E-state index contributed by atoms with van der Waals surface area (Å²) in [4.78, 5) is 2.74. The van der Waals surface area contributed by atoms with Gasteiger partial charge in [0.1, 0.15) is 0 Å². The molecule has 2 aliphatic rings. The van der Waals surface area contributed by atoms with Crippen molar-refractivity contribution in [3.63, 3.8) is 0 Å². The van der Waals surface area contributed by atoms with Crippen molar-refractivity contribution >= 4 is 0 Å². The van der Waals surface area contributed by atoms with Gasteiger partial charge in [-0.1, -0.05) is 12.8 Å². The minimum Gasteiger partial charge on any atom is -0.383 e. The molecule has 18 heavy (non-hydrogen) atoms. The smallest absolute Gasteiger partial charge is 0.0613 e. The summed E-state index contributed by atoms with van der Waals surface area (Å²) in [6.07, 6.45) is 8.76. The second kappa shape index (κ2) is 7.46. The van der Waals surface area contributed by atoms with Gasteiger partial charge in [-0.05, 0) is 45.1 Å². The quantitative estimate of drug-likeness (QED) is 0.754. The fourth-order valence-electron chi connectivity index (χ4n) is 3.77. The molecule has 1 aliphatic heterocycles. The summed E-state index contributed by atoms with van der Waals surface area (Å²) in [6, 6.07) is 1.37. The van der Waals surface area contributed by atoms with E-state index in [1.807, 2.05) is 0 Å². The second-order valence-electron chi connectivity index (χ2n) is 6.10. The zero-order valence-electron chi connectivity index (χ0n) is 12.2. The molecule has 2 fully saturated rings. The van der Waals surface area contributed by atoms with Crippen LogP contribution in [0.4, 0.5) is 0 Å². The van der Waals surface area contributed by atoms with Gasteiger partial charge in [-0.3, -0.25) is 4.90 Å². The molecule has 2 rings (SSSR count). The summed E-state index contributed by atoms with van der Waals surface area (Å²) in [5.41, 5.74) is 0. The Labute approximate surface area is 112 Å². The molecule has 1 N–H and O–H groups in total. The van der Waals surface area contributed by atoms with Gasteiger partial charge in [-0.25, -0.2) is 0 Å². The van der Waals surface area contributed by atoms with Crippen LogP contribution in [0.3, 0.4) is 0 Å². The number of nitrogens with one attached hydrogen (secondary N) is 1. The number of methoxy groups -OCH3 is 1. The predicted octanol–water partition coefficient (Wildman–Crippen LogP) is 2.27. The molecule has 1 saturated heterocycles. The van der Waals surface area contributed by atoms with E-state index in [4.69, 9.17) is 4.74 Å². The lowest BCUT2D eigenvalue weighted by Gasteiger charge is -2.29. The molecule has 2 unspecified atom stereocenters. The van der Waals surface area contributed by atoms with Crippen molar-refractivity contribution in [2.24, 2.45) is 5.92 Å². The lowest BCUT2D eigenvalue weighted by Crippen LogP contribution is -2.41. The van der Waals surface area contributed by atoms with Crippen molar-refractivity contribution in [3.05, 3.63) is 0 Å². The molecular formula is C15H30N2O. The molecule has 0 aromatic heterocycles. The molecule has 106 valence electrons. The Kier molecular flexibility index (Phi) is 5.93. The third-order valence-electron chi connectivity index (χ3n) is 4.67. The van der Waals surface area contributed by atoms with Crippen LogP contribution < -0.4 is 5.32 Å². The van der Waals surface area contributed by atoms with E-state index in [1.165, 1.54) is 51.6 Å². The largest absolute Gasteiger partial charge is 0.383 e. The molecule has 0 radical (unpaired) electrons. The molecule has 1 aliphatic carbocycles. The summed E-state index contributed by atoms with van der Waals surface area (Å²) in [7, 11) is 1.77. The highest BCUT2D eigenvalue weighted by atomic mass is 16.5. The standard InChI is InChI=1S/C15H30N2O/c1-13(12-18-2)16-9-11-17-10-5-8-15(17)14-6-3-4-7-14/h13-16H,3-12H2,1-2H3. The summed E-state index contributed by atoms with van der Waals surface area (Å²) in [5.74, 6) is 1.00. The predicted molar refractivity (Wildman–Crippen MR) is 75.9 cm³/mol. The molecule has 3 heteroatoms. The first-order valence-electron chi connectivity index (χ1n) is 7.77. The third-order valence-corrected chi connectivity index (χ3v) is 4.67. The molecule has 2 atom stereocenters. The van der Waals surface area contributed by atoms with Gasteiger partial charge >= 0.3 is 0 Å². The van der Waals surface area contributed by atoms with Crippen LogP contribution in [0, 0.1) is 5.92 Å². The van der Waals surface area contributed by atoms with Gasteiger partial charge in [0.05, 0.1) is 6.61 Å². The van der Waals surface area contributed by atoms with Crippen molar-refractivity contribution in [2.45, 2.75) is 57.5 Å². The van der Waals surface area contributed by atoms with Crippen LogP contribution >= 0.6 is 0 Å². The van der Waals surface area contributed by atoms with E-state index in [2.05, 4.69) is 17.1 Å². The van der Waals surface area contributed by atoms with Crippen LogP contribution in [0.5, 0.6) is 0 Å². The highest BCUT2D eigenvalue weighted by Gasteiger charge is 2.32. The Balaban J connectivity index is 1.67. The molecule has 3 nitrogen and oxygen atoms in total. The lowest BCUT2D eigenvalue weighted by atomic mass is 9.96. The number of nitrogens with zero attached hydrogens (tertiary/aromatic N) is 1. The molecule has 0 spiro atoms. The topological polar surface area (TPSA) is 24.5 Å². The van der Waals surface area contributed by atoms with Gasteiger partial charge in [-0.2, -0.15) is 0 Å². The van der Waals surface area contributed by atoms with Crippen molar-refractivity contribution in [2.75, 3.05) is 33.4 Å². The minimum atomic E-state index is 0.475. The maximum atomic E-state index is 5.15. The lowest BCUT2D eigenvalue weighted by molar-refractivity contribution is 0.161. The Hall–Kier alpha value is -0.120. The monoisotopic (exact) mass is 254 g/mol. The van der Waals surface area contributed by atoms with Gasteiger partial charge < -0.3 is 10.1 Å². The minimum absolute atomic E-state index is 0.475. The van der Waals surface area contributed by atoms with E-state index in [-0.39, 0.29) is 0 Å². The van der Waals surface area contributed by atoms with Crippen molar-refractivity contribution in [1.29, 1.82) is 0 Å². The van der Waals surface area contributed by atoms with Crippen molar-refractivity contribution in [1.82, 2.24) is 10.2 Å². The number of hydrogen-bond donors (Lipinski definition) is 1. The van der Waals surface area contributed by atoms with Crippen molar-refractivity contribution in [3.8, 4) is 0 Å². The van der Waals surface area contributed by atoms with Gasteiger partial charge in [-0.15, -0.1) is 0 Å². The van der Waals surface area contributed by atoms with Gasteiger partial charge in [0.2, 0.25) is 0 Å². The molecule has 1 heterocycles. The third kappa shape index (κ3) is 3.94. The average molecular weight is 254 g/mol. The second-order valence-corrected chi connectivity index (χ2v) is 6.10. The van der Waals surface area contributed by atoms with Crippen LogP contribution in [-0.2, 0) is 4.74 Å². The van der Waals surface area contributed by atoms with E-state index >= 15 is 0 Å². The van der Waals surface area contributed by atoms with E-state index in [1.54, 1.807) is 7.11 Å². The van der Waals surface area contributed by atoms with E-state index < -0.39 is 0 Å². The molecule has 0 bridgehead atoms. The molecular weight excluding hydrogens is 224 g/mol. The van der Waals surface area contributed by atoms with Crippen LogP contribution in [0.2, 0.25) is 0 Å². The Bertz CT molecular complexity index is 229. The molecule has 0 aromatic rings. The number of hydrogen-bond acceptors (Lipinski definition) is 3. The van der Waals surface area contributed by atoms with Crippen LogP contribution in [0.25, 0.3) is 0 Å². The number of ether oxygens (including phenoxy) is 1.